The number of nitrogens with two attached hydrogens (primary N) is 1. The van der Waals surface area contributed by atoms with E-state index in [1.54, 1.807) is 18.0 Å². The van der Waals surface area contributed by atoms with Crippen LogP contribution in [-0.4, -0.2) is 22.7 Å². The van der Waals surface area contributed by atoms with Gasteiger partial charge in [-0.1, -0.05) is 19.1 Å². The molecular weight excluding hydrogens is 266 g/mol. The molecule has 0 saturated heterocycles. The van der Waals surface area contributed by atoms with Crippen molar-refractivity contribution < 1.29 is 9.53 Å². The number of Topliss-reactive ketones (excluding diaryl/α,β-unsaturated/α-hetero) is 1. The molecule has 0 saturated carbocycles. The molecule has 1 aromatic heterocycles. The summed E-state index contributed by atoms with van der Waals surface area (Å²) in [6, 6.07) is 7.63. The SMILES string of the molecule is CCn1ncc(OC)c1C(=O)CC(C)c1ccc(N)cc1. The third-order valence-corrected chi connectivity index (χ3v) is 3.59. The first-order valence-corrected chi connectivity index (χ1v) is 7.05. The average molecular weight is 287 g/mol. The molecule has 2 aromatic rings. The molecule has 0 aliphatic carbocycles. The van der Waals surface area contributed by atoms with E-state index in [4.69, 9.17) is 10.5 Å². The summed E-state index contributed by atoms with van der Waals surface area (Å²) >= 11 is 0. The van der Waals surface area contributed by atoms with Crippen LogP contribution in [0.15, 0.2) is 30.5 Å². The summed E-state index contributed by atoms with van der Waals surface area (Å²) in [5.41, 5.74) is 8.05. The van der Waals surface area contributed by atoms with Crippen LogP contribution in [0.1, 0.15) is 42.2 Å². The maximum atomic E-state index is 12.6. The Morgan fingerprint density at radius 3 is 2.62 bits per heavy atom. The van der Waals surface area contributed by atoms with E-state index in [1.807, 2.05) is 38.1 Å². The van der Waals surface area contributed by atoms with Crippen molar-refractivity contribution in [3.8, 4) is 5.75 Å². The van der Waals surface area contributed by atoms with Gasteiger partial charge in [-0.3, -0.25) is 9.48 Å². The van der Waals surface area contributed by atoms with Crippen molar-refractivity contribution in [2.45, 2.75) is 32.7 Å². The number of anilines is 1. The van der Waals surface area contributed by atoms with Crippen LogP contribution in [0.3, 0.4) is 0 Å². The molecule has 0 aliphatic heterocycles. The number of ketones is 1. The van der Waals surface area contributed by atoms with Gasteiger partial charge in [-0.2, -0.15) is 5.10 Å². The molecule has 21 heavy (non-hydrogen) atoms. The molecule has 2 N–H and O–H groups in total. The Morgan fingerprint density at radius 2 is 2.05 bits per heavy atom. The highest BCUT2D eigenvalue weighted by atomic mass is 16.5. The Balaban J connectivity index is 2.17. The lowest BCUT2D eigenvalue weighted by Crippen LogP contribution is -2.13. The second-order valence-corrected chi connectivity index (χ2v) is 5.07. The predicted molar refractivity (Wildman–Crippen MR) is 82.7 cm³/mol. The zero-order valence-electron chi connectivity index (χ0n) is 12.7. The first kappa shape index (κ1) is 15.1. The van der Waals surface area contributed by atoms with Crippen LogP contribution in [-0.2, 0) is 6.54 Å². The second-order valence-electron chi connectivity index (χ2n) is 5.07. The molecule has 1 heterocycles. The smallest absolute Gasteiger partial charge is 0.185 e. The number of benzene rings is 1. The first-order chi connectivity index (χ1) is 10.1. The fourth-order valence-electron chi connectivity index (χ4n) is 2.36. The highest BCUT2D eigenvalue weighted by molar-refractivity contribution is 5.97. The average Bonchev–Trinajstić information content (AvgIpc) is 2.90. The van der Waals surface area contributed by atoms with Crippen LogP contribution in [0.25, 0.3) is 0 Å². The molecule has 0 spiro atoms. The molecule has 5 nitrogen and oxygen atoms in total. The summed E-state index contributed by atoms with van der Waals surface area (Å²) in [6.45, 7) is 4.62. The number of methoxy groups -OCH3 is 1. The number of ether oxygens (including phenoxy) is 1. The summed E-state index contributed by atoms with van der Waals surface area (Å²) < 4.78 is 6.91. The monoisotopic (exact) mass is 287 g/mol. The van der Waals surface area contributed by atoms with Gasteiger partial charge in [0.15, 0.2) is 11.5 Å². The van der Waals surface area contributed by atoms with Crippen molar-refractivity contribution >= 4 is 11.5 Å². The number of carbonyl (C=O) groups excluding carboxylic acids is 1. The third-order valence-electron chi connectivity index (χ3n) is 3.59. The number of nitrogens with zero attached hydrogens (tertiary/aromatic N) is 2. The molecule has 112 valence electrons. The Morgan fingerprint density at radius 1 is 1.38 bits per heavy atom. The van der Waals surface area contributed by atoms with Gasteiger partial charge in [0.05, 0.1) is 13.3 Å². The normalized spacial score (nSPS) is 12.1. The Bertz CT molecular complexity index is 595. The summed E-state index contributed by atoms with van der Waals surface area (Å²) in [5.74, 6) is 0.685. The van der Waals surface area contributed by atoms with Gasteiger partial charge >= 0.3 is 0 Å². The summed E-state index contributed by atoms with van der Waals surface area (Å²) in [6.07, 6.45) is 2.00. The lowest BCUT2D eigenvalue weighted by atomic mass is 9.94. The summed E-state index contributed by atoms with van der Waals surface area (Å²) in [7, 11) is 1.55. The van der Waals surface area contributed by atoms with Gasteiger partial charge in [0.25, 0.3) is 0 Å². The highest BCUT2D eigenvalue weighted by Gasteiger charge is 2.21. The minimum atomic E-state index is 0.0375. The molecule has 0 fully saturated rings. The zero-order chi connectivity index (χ0) is 15.4. The molecule has 0 radical (unpaired) electrons. The topological polar surface area (TPSA) is 70.1 Å². The van der Waals surface area contributed by atoms with E-state index in [1.165, 1.54) is 0 Å². The minimum absolute atomic E-state index is 0.0375. The van der Waals surface area contributed by atoms with Gasteiger partial charge in [0.1, 0.15) is 5.69 Å². The third kappa shape index (κ3) is 3.24. The molecule has 1 unspecified atom stereocenters. The van der Waals surface area contributed by atoms with Crippen LogP contribution in [0, 0.1) is 0 Å². The van der Waals surface area contributed by atoms with Gasteiger partial charge in [-0.05, 0) is 30.5 Å². The molecular formula is C16H21N3O2. The molecule has 0 aliphatic rings. The van der Waals surface area contributed by atoms with Crippen molar-refractivity contribution in [2.75, 3.05) is 12.8 Å². The van der Waals surface area contributed by atoms with Crippen molar-refractivity contribution in [1.29, 1.82) is 0 Å². The van der Waals surface area contributed by atoms with Crippen molar-refractivity contribution in [1.82, 2.24) is 9.78 Å². The molecule has 1 aromatic carbocycles. The van der Waals surface area contributed by atoms with Crippen LogP contribution in [0.2, 0.25) is 0 Å². The largest absolute Gasteiger partial charge is 0.493 e. The molecule has 0 amide bonds. The van der Waals surface area contributed by atoms with Gasteiger partial charge in [-0.15, -0.1) is 0 Å². The van der Waals surface area contributed by atoms with E-state index in [9.17, 15) is 4.79 Å². The van der Waals surface area contributed by atoms with Crippen molar-refractivity contribution in [3.05, 3.63) is 41.7 Å². The number of nitrogen functional groups attached to an aromatic ring is 1. The van der Waals surface area contributed by atoms with E-state index in [0.29, 0.717) is 24.4 Å². The molecule has 5 heteroatoms. The first-order valence-electron chi connectivity index (χ1n) is 7.05. The van der Waals surface area contributed by atoms with Gasteiger partial charge in [-0.25, -0.2) is 0 Å². The fourth-order valence-corrected chi connectivity index (χ4v) is 2.36. The van der Waals surface area contributed by atoms with E-state index < -0.39 is 0 Å². The molecule has 2 rings (SSSR count). The zero-order valence-corrected chi connectivity index (χ0v) is 12.7. The van der Waals surface area contributed by atoms with E-state index in [2.05, 4.69) is 5.10 Å². The Hall–Kier alpha value is -2.30. The van der Waals surface area contributed by atoms with Crippen LogP contribution >= 0.6 is 0 Å². The number of aryl methyl sites for hydroxylation is 1. The highest BCUT2D eigenvalue weighted by Crippen LogP contribution is 2.25. The number of hydrogen-bond acceptors (Lipinski definition) is 4. The van der Waals surface area contributed by atoms with Gasteiger partial charge < -0.3 is 10.5 Å². The number of aromatic nitrogens is 2. The Kier molecular flexibility index (Phi) is 4.62. The number of carbonyl (C=O) groups is 1. The maximum Gasteiger partial charge on any atom is 0.185 e. The quantitative estimate of drug-likeness (QED) is 0.655. The summed E-state index contributed by atoms with van der Waals surface area (Å²) in [5, 5.41) is 4.17. The van der Waals surface area contributed by atoms with E-state index >= 15 is 0 Å². The molecule has 0 bridgehead atoms. The number of rotatable bonds is 6. The van der Waals surface area contributed by atoms with Crippen molar-refractivity contribution in [2.24, 2.45) is 0 Å². The lowest BCUT2D eigenvalue weighted by Gasteiger charge is -2.12. The van der Waals surface area contributed by atoms with Crippen LogP contribution < -0.4 is 10.5 Å². The molecule has 1 atom stereocenters. The maximum absolute atomic E-state index is 12.6. The fraction of sp³-hybridized carbons (Fsp3) is 0.375. The van der Waals surface area contributed by atoms with Crippen LogP contribution in [0.5, 0.6) is 5.75 Å². The minimum Gasteiger partial charge on any atom is -0.493 e. The van der Waals surface area contributed by atoms with Crippen molar-refractivity contribution in [3.63, 3.8) is 0 Å². The second kappa shape index (κ2) is 6.43. The lowest BCUT2D eigenvalue weighted by molar-refractivity contribution is 0.0962. The van der Waals surface area contributed by atoms with E-state index in [0.717, 1.165) is 11.3 Å². The predicted octanol–water partition coefficient (Wildman–Crippen LogP) is 2.87. The van der Waals surface area contributed by atoms with Gasteiger partial charge in [0.2, 0.25) is 0 Å². The van der Waals surface area contributed by atoms with Gasteiger partial charge in [0, 0.05) is 18.7 Å². The Labute approximate surface area is 124 Å². The van der Waals surface area contributed by atoms with E-state index in [-0.39, 0.29) is 11.7 Å². The number of hydrogen-bond donors (Lipinski definition) is 1. The standard InChI is InChI=1S/C16H21N3O2/c1-4-19-16(15(21-3)10-18-19)14(20)9-11(2)12-5-7-13(17)8-6-12/h5-8,10-11H,4,9,17H2,1-3H3. The van der Waals surface area contributed by atoms with Crippen LogP contribution in [0.4, 0.5) is 5.69 Å². The summed E-state index contributed by atoms with van der Waals surface area (Å²) in [4.78, 5) is 12.6.